The fourth-order valence-corrected chi connectivity index (χ4v) is 1.14. The van der Waals surface area contributed by atoms with E-state index in [1.165, 1.54) is 12.8 Å². The Hall–Kier alpha value is 0.540. The van der Waals surface area contributed by atoms with E-state index >= 15 is 0 Å². The monoisotopic (exact) mass is 172 g/mol. The van der Waals surface area contributed by atoms with Crippen molar-refractivity contribution >= 4 is 24.8 Å². The van der Waals surface area contributed by atoms with Gasteiger partial charge in [0.1, 0.15) is 0 Å². The maximum atomic E-state index is 9.19. The Morgan fingerprint density at radius 1 is 1.11 bits per heavy atom. The lowest BCUT2D eigenvalue weighted by Crippen LogP contribution is -2.17. The summed E-state index contributed by atoms with van der Waals surface area (Å²) in [6.45, 7) is 1.92. The molecule has 0 unspecified atom stereocenters. The van der Waals surface area contributed by atoms with Gasteiger partial charge in [-0.25, -0.2) is 0 Å². The largest absolute Gasteiger partial charge is 0.390 e. The minimum Gasteiger partial charge on any atom is -0.390 e. The predicted molar refractivity (Wildman–Crippen MR) is 43.6 cm³/mol. The second-order valence-corrected chi connectivity index (χ2v) is 2.70. The Kier molecular flexibility index (Phi) is 5.94. The summed E-state index contributed by atoms with van der Waals surface area (Å²) >= 11 is 0. The molecule has 0 aromatic heterocycles. The summed E-state index contributed by atoms with van der Waals surface area (Å²) in [6.07, 6.45) is 4.44. The van der Waals surface area contributed by atoms with E-state index < -0.39 is 0 Å². The number of hydrogen-bond donors (Lipinski definition) is 1. The minimum atomic E-state index is -0.306. The molecule has 0 spiro atoms. The predicted octanol–water partition coefficient (Wildman–Crippen LogP) is 2.16. The SMILES string of the molecule is CC1(O)CCCC1.Cl.Cl. The highest BCUT2D eigenvalue weighted by Crippen LogP contribution is 2.27. The van der Waals surface area contributed by atoms with E-state index in [0.717, 1.165) is 12.8 Å². The molecule has 0 saturated heterocycles. The van der Waals surface area contributed by atoms with Crippen LogP contribution in [-0.2, 0) is 0 Å². The number of halogens is 2. The first-order valence-corrected chi connectivity index (χ1v) is 2.93. The van der Waals surface area contributed by atoms with Crippen LogP contribution in [0.3, 0.4) is 0 Å². The summed E-state index contributed by atoms with van der Waals surface area (Å²) in [4.78, 5) is 0. The van der Waals surface area contributed by atoms with E-state index in [1.807, 2.05) is 6.92 Å². The van der Waals surface area contributed by atoms with Gasteiger partial charge in [-0.1, -0.05) is 12.8 Å². The lowest BCUT2D eigenvalue weighted by Gasteiger charge is -2.12. The summed E-state index contributed by atoms with van der Waals surface area (Å²) in [5.74, 6) is 0. The van der Waals surface area contributed by atoms with Crippen molar-refractivity contribution in [1.82, 2.24) is 0 Å². The lowest BCUT2D eigenvalue weighted by molar-refractivity contribution is 0.0681. The van der Waals surface area contributed by atoms with Crippen LogP contribution < -0.4 is 0 Å². The second-order valence-electron chi connectivity index (χ2n) is 2.70. The molecular formula is C6H14Cl2O. The Balaban J connectivity index is 0. The standard InChI is InChI=1S/C6H12O.2ClH/c1-6(7)4-2-3-5-6;;/h7H,2-5H2,1H3;2*1H. The van der Waals surface area contributed by atoms with Crippen LogP contribution in [0.5, 0.6) is 0 Å². The van der Waals surface area contributed by atoms with Crippen molar-refractivity contribution in [1.29, 1.82) is 0 Å². The summed E-state index contributed by atoms with van der Waals surface area (Å²) < 4.78 is 0. The van der Waals surface area contributed by atoms with Crippen molar-refractivity contribution < 1.29 is 5.11 Å². The van der Waals surface area contributed by atoms with E-state index in [1.54, 1.807) is 0 Å². The van der Waals surface area contributed by atoms with E-state index in [-0.39, 0.29) is 30.4 Å². The summed E-state index contributed by atoms with van der Waals surface area (Å²) in [6, 6.07) is 0. The minimum absolute atomic E-state index is 0. The number of hydrogen-bond acceptors (Lipinski definition) is 1. The van der Waals surface area contributed by atoms with Crippen molar-refractivity contribution in [2.45, 2.75) is 38.2 Å². The van der Waals surface area contributed by atoms with Gasteiger partial charge in [-0.3, -0.25) is 0 Å². The third kappa shape index (κ3) is 4.01. The molecule has 0 heterocycles. The first kappa shape index (κ1) is 12.2. The zero-order chi connectivity index (χ0) is 5.33. The first-order chi connectivity index (χ1) is 3.21. The Morgan fingerprint density at radius 3 is 1.56 bits per heavy atom. The van der Waals surface area contributed by atoms with Gasteiger partial charge in [0.25, 0.3) is 0 Å². The molecule has 1 aliphatic rings. The van der Waals surface area contributed by atoms with Gasteiger partial charge < -0.3 is 5.11 Å². The molecule has 0 aromatic rings. The van der Waals surface area contributed by atoms with E-state index in [9.17, 15) is 5.11 Å². The fourth-order valence-electron chi connectivity index (χ4n) is 1.14. The molecule has 0 aromatic carbocycles. The molecule has 1 rings (SSSR count). The Morgan fingerprint density at radius 2 is 1.44 bits per heavy atom. The number of rotatable bonds is 0. The van der Waals surface area contributed by atoms with Gasteiger partial charge in [0.15, 0.2) is 0 Å². The highest BCUT2D eigenvalue weighted by Gasteiger charge is 2.24. The zero-order valence-electron chi connectivity index (χ0n) is 5.59. The molecule has 1 nitrogen and oxygen atoms in total. The number of aliphatic hydroxyl groups is 1. The summed E-state index contributed by atoms with van der Waals surface area (Å²) in [5, 5.41) is 9.19. The molecular weight excluding hydrogens is 159 g/mol. The third-order valence-corrected chi connectivity index (χ3v) is 1.68. The molecule has 0 amide bonds. The van der Waals surface area contributed by atoms with Gasteiger partial charge >= 0.3 is 0 Å². The van der Waals surface area contributed by atoms with Crippen molar-refractivity contribution in [3.63, 3.8) is 0 Å². The molecule has 9 heavy (non-hydrogen) atoms. The van der Waals surface area contributed by atoms with Gasteiger partial charge in [0, 0.05) is 0 Å². The van der Waals surface area contributed by atoms with E-state index in [4.69, 9.17) is 0 Å². The molecule has 0 aliphatic heterocycles. The van der Waals surface area contributed by atoms with Crippen LogP contribution in [0, 0.1) is 0 Å². The van der Waals surface area contributed by atoms with Crippen molar-refractivity contribution in [3.8, 4) is 0 Å². The average molecular weight is 173 g/mol. The van der Waals surface area contributed by atoms with Crippen molar-refractivity contribution in [2.24, 2.45) is 0 Å². The molecule has 0 bridgehead atoms. The van der Waals surface area contributed by atoms with Crippen LogP contribution in [0.2, 0.25) is 0 Å². The molecule has 0 atom stereocenters. The highest BCUT2D eigenvalue weighted by molar-refractivity contribution is 5.85. The van der Waals surface area contributed by atoms with Crippen LogP contribution in [0.4, 0.5) is 0 Å². The van der Waals surface area contributed by atoms with Crippen LogP contribution in [0.15, 0.2) is 0 Å². The smallest absolute Gasteiger partial charge is 0.0619 e. The quantitative estimate of drug-likeness (QED) is 0.595. The van der Waals surface area contributed by atoms with E-state index in [0.29, 0.717) is 0 Å². The molecule has 1 N–H and O–H groups in total. The van der Waals surface area contributed by atoms with Gasteiger partial charge in [-0.15, -0.1) is 24.8 Å². The van der Waals surface area contributed by atoms with Crippen LogP contribution in [-0.4, -0.2) is 10.7 Å². The summed E-state index contributed by atoms with van der Waals surface area (Å²) in [5.41, 5.74) is -0.306. The van der Waals surface area contributed by atoms with E-state index in [2.05, 4.69) is 0 Å². The molecule has 0 radical (unpaired) electrons. The highest BCUT2D eigenvalue weighted by atomic mass is 35.5. The summed E-state index contributed by atoms with van der Waals surface area (Å²) in [7, 11) is 0. The average Bonchev–Trinajstić information content (AvgIpc) is 1.84. The van der Waals surface area contributed by atoms with Gasteiger partial charge in [-0.05, 0) is 19.8 Å². The molecule has 1 fully saturated rings. The van der Waals surface area contributed by atoms with Gasteiger partial charge in [-0.2, -0.15) is 0 Å². The normalized spacial score (nSPS) is 22.0. The third-order valence-electron chi connectivity index (χ3n) is 1.68. The van der Waals surface area contributed by atoms with Crippen LogP contribution in [0.25, 0.3) is 0 Å². The van der Waals surface area contributed by atoms with Gasteiger partial charge in [0.2, 0.25) is 0 Å². The topological polar surface area (TPSA) is 20.2 Å². The van der Waals surface area contributed by atoms with Gasteiger partial charge in [0.05, 0.1) is 5.60 Å². The zero-order valence-corrected chi connectivity index (χ0v) is 7.23. The van der Waals surface area contributed by atoms with Crippen LogP contribution in [0.1, 0.15) is 32.6 Å². The molecule has 1 saturated carbocycles. The first-order valence-electron chi connectivity index (χ1n) is 2.93. The maximum Gasteiger partial charge on any atom is 0.0619 e. The lowest BCUT2D eigenvalue weighted by atomic mass is 10.1. The fraction of sp³-hybridized carbons (Fsp3) is 1.00. The molecule has 3 heteroatoms. The van der Waals surface area contributed by atoms with Crippen LogP contribution >= 0.6 is 24.8 Å². The Bertz CT molecular complexity index is 65.5. The second kappa shape index (κ2) is 4.37. The van der Waals surface area contributed by atoms with Crippen molar-refractivity contribution in [2.75, 3.05) is 0 Å². The Labute approximate surface area is 68.7 Å². The maximum absolute atomic E-state index is 9.19. The van der Waals surface area contributed by atoms with Crippen molar-refractivity contribution in [3.05, 3.63) is 0 Å². The molecule has 58 valence electrons. The molecule has 1 aliphatic carbocycles.